The van der Waals surface area contributed by atoms with Crippen LogP contribution in [-0.4, -0.2) is 33.6 Å². The van der Waals surface area contributed by atoms with Crippen LogP contribution in [0.2, 0.25) is 0 Å². The van der Waals surface area contributed by atoms with E-state index in [0.717, 1.165) is 49.2 Å². The summed E-state index contributed by atoms with van der Waals surface area (Å²) in [6, 6.07) is 12.7. The van der Waals surface area contributed by atoms with Gasteiger partial charge in [-0.25, -0.2) is 0 Å². The molecule has 4 nitrogen and oxygen atoms in total. The van der Waals surface area contributed by atoms with Crippen molar-refractivity contribution in [3.63, 3.8) is 0 Å². The van der Waals surface area contributed by atoms with E-state index in [1.165, 1.54) is 5.56 Å². The number of amides is 1. The number of hydrogen-bond acceptors (Lipinski definition) is 3. The molecule has 1 aliphatic heterocycles. The fraction of sp³-hybridized carbons (Fsp3) is 0.421. The van der Waals surface area contributed by atoms with Crippen LogP contribution >= 0.6 is 0 Å². The Kier molecular flexibility index (Phi) is 4.70. The van der Waals surface area contributed by atoms with Gasteiger partial charge in [0.05, 0.1) is 11.4 Å². The van der Waals surface area contributed by atoms with E-state index in [2.05, 4.69) is 35.3 Å². The third-order valence-corrected chi connectivity index (χ3v) is 4.66. The third kappa shape index (κ3) is 3.58. The van der Waals surface area contributed by atoms with Crippen LogP contribution in [0.3, 0.4) is 0 Å². The Hall–Kier alpha value is -2.23. The average molecular weight is 309 g/mol. The molecular formula is C19H23N3O. The number of carbonyl (C=O) groups excluding carboxylic acids is 1. The number of hydrogen-bond donors (Lipinski definition) is 0. The van der Waals surface area contributed by atoms with E-state index in [-0.39, 0.29) is 5.91 Å². The van der Waals surface area contributed by atoms with Gasteiger partial charge >= 0.3 is 0 Å². The molecule has 1 aromatic carbocycles. The summed E-state index contributed by atoms with van der Waals surface area (Å²) in [5.41, 5.74) is 4.25. The van der Waals surface area contributed by atoms with Crippen molar-refractivity contribution in [1.29, 1.82) is 0 Å². The van der Waals surface area contributed by atoms with E-state index in [9.17, 15) is 4.79 Å². The highest BCUT2D eigenvalue weighted by Gasteiger charge is 2.25. The Balaban J connectivity index is 1.64. The Morgan fingerprint density at radius 3 is 2.74 bits per heavy atom. The van der Waals surface area contributed by atoms with Crippen LogP contribution in [0.5, 0.6) is 0 Å². The van der Waals surface area contributed by atoms with Gasteiger partial charge in [0, 0.05) is 25.1 Å². The van der Waals surface area contributed by atoms with Crippen molar-refractivity contribution in [2.75, 3.05) is 6.54 Å². The average Bonchev–Trinajstić information content (AvgIpc) is 3.03. The minimum Gasteiger partial charge on any atom is -0.340 e. The van der Waals surface area contributed by atoms with Gasteiger partial charge in [0.15, 0.2) is 0 Å². The van der Waals surface area contributed by atoms with Crippen LogP contribution in [0.4, 0.5) is 0 Å². The molecule has 1 aromatic heterocycles. The largest absolute Gasteiger partial charge is 0.340 e. The molecule has 1 saturated heterocycles. The van der Waals surface area contributed by atoms with Crippen LogP contribution in [0.15, 0.2) is 36.4 Å². The van der Waals surface area contributed by atoms with E-state index >= 15 is 0 Å². The Morgan fingerprint density at radius 1 is 1.22 bits per heavy atom. The van der Waals surface area contributed by atoms with Crippen molar-refractivity contribution in [3.05, 3.63) is 47.7 Å². The maximum atomic E-state index is 11.6. The highest BCUT2D eigenvalue weighted by atomic mass is 16.2. The smallest absolute Gasteiger partial charge is 0.219 e. The molecule has 1 amide bonds. The third-order valence-electron chi connectivity index (χ3n) is 4.66. The zero-order chi connectivity index (χ0) is 16.2. The lowest BCUT2D eigenvalue weighted by atomic mass is 10.0. The van der Waals surface area contributed by atoms with E-state index in [0.29, 0.717) is 6.04 Å². The molecule has 1 aliphatic rings. The van der Waals surface area contributed by atoms with Crippen molar-refractivity contribution >= 4 is 5.91 Å². The van der Waals surface area contributed by atoms with Crippen LogP contribution < -0.4 is 0 Å². The predicted octanol–water partition coefficient (Wildman–Crippen LogP) is 3.40. The summed E-state index contributed by atoms with van der Waals surface area (Å²) in [5, 5.41) is 8.75. The zero-order valence-corrected chi connectivity index (χ0v) is 13.8. The maximum absolute atomic E-state index is 11.6. The lowest BCUT2D eigenvalue weighted by Crippen LogP contribution is -2.33. The first-order valence-corrected chi connectivity index (χ1v) is 8.31. The number of carbonyl (C=O) groups is 1. The van der Waals surface area contributed by atoms with Crippen LogP contribution in [0, 0.1) is 6.92 Å². The molecule has 0 radical (unpaired) electrons. The standard InChI is InChI=1S/C19H23N3O/c1-14-6-3-4-8-18(14)19-12-10-16(20-21-19)9-11-17-7-5-13-22(17)15(2)23/h3-4,6,8,10,12,17H,5,7,9,11,13H2,1-2H3. The molecule has 0 aliphatic carbocycles. The molecule has 3 rings (SSSR count). The SMILES string of the molecule is CC(=O)N1CCCC1CCc1ccc(-c2ccccc2C)nn1. The lowest BCUT2D eigenvalue weighted by molar-refractivity contribution is -0.129. The normalized spacial score (nSPS) is 17.5. The number of aromatic nitrogens is 2. The van der Waals surface area contributed by atoms with Gasteiger partial charge in [-0.05, 0) is 50.3 Å². The van der Waals surface area contributed by atoms with Gasteiger partial charge in [0.1, 0.15) is 0 Å². The predicted molar refractivity (Wildman–Crippen MR) is 90.9 cm³/mol. The van der Waals surface area contributed by atoms with Crippen molar-refractivity contribution in [1.82, 2.24) is 15.1 Å². The second kappa shape index (κ2) is 6.90. The molecule has 23 heavy (non-hydrogen) atoms. The molecule has 1 unspecified atom stereocenters. The monoisotopic (exact) mass is 309 g/mol. The molecule has 0 bridgehead atoms. The lowest BCUT2D eigenvalue weighted by Gasteiger charge is -2.22. The van der Waals surface area contributed by atoms with Crippen molar-refractivity contribution in [2.45, 2.75) is 45.6 Å². The molecule has 1 atom stereocenters. The van der Waals surface area contributed by atoms with E-state index in [1.54, 1.807) is 6.92 Å². The zero-order valence-electron chi connectivity index (χ0n) is 13.8. The van der Waals surface area contributed by atoms with Crippen molar-refractivity contribution < 1.29 is 4.79 Å². The number of likely N-dealkylation sites (tertiary alicyclic amines) is 1. The molecule has 0 spiro atoms. The van der Waals surface area contributed by atoms with Crippen LogP contribution in [0.25, 0.3) is 11.3 Å². The Labute approximate surface area is 137 Å². The fourth-order valence-electron chi connectivity index (χ4n) is 3.36. The number of rotatable bonds is 4. The summed E-state index contributed by atoms with van der Waals surface area (Å²) < 4.78 is 0. The molecule has 0 N–H and O–H groups in total. The second-order valence-corrected chi connectivity index (χ2v) is 6.27. The first kappa shape index (κ1) is 15.7. The van der Waals surface area contributed by atoms with Crippen molar-refractivity contribution in [2.24, 2.45) is 0 Å². The highest BCUT2D eigenvalue weighted by Crippen LogP contribution is 2.23. The summed E-state index contributed by atoms with van der Waals surface area (Å²) >= 11 is 0. The summed E-state index contributed by atoms with van der Waals surface area (Å²) in [6.07, 6.45) is 4.06. The van der Waals surface area contributed by atoms with Gasteiger partial charge < -0.3 is 4.90 Å². The number of benzene rings is 1. The van der Waals surface area contributed by atoms with E-state index < -0.39 is 0 Å². The molecule has 120 valence electrons. The van der Waals surface area contributed by atoms with Crippen molar-refractivity contribution in [3.8, 4) is 11.3 Å². The van der Waals surface area contributed by atoms with E-state index in [1.807, 2.05) is 23.1 Å². The first-order valence-electron chi connectivity index (χ1n) is 8.31. The molecule has 2 heterocycles. The van der Waals surface area contributed by atoms with Gasteiger partial charge in [-0.1, -0.05) is 24.3 Å². The quantitative estimate of drug-likeness (QED) is 0.869. The second-order valence-electron chi connectivity index (χ2n) is 6.27. The molecular weight excluding hydrogens is 286 g/mol. The van der Waals surface area contributed by atoms with Gasteiger partial charge in [-0.2, -0.15) is 10.2 Å². The summed E-state index contributed by atoms with van der Waals surface area (Å²) in [5.74, 6) is 0.188. The van der Waals surface area contributed by atoms with E-state index in [4.69, 9.17) is 0 Å². The summed E-state index contributed by atoms with van der Waals surface area (Å²) in [7, 11) is 0. The van der Waals surface area contributed by atoms with Gasteiger partial charge in [-0.3, -0.25) is 4.79 Å². The number of nitrogens with zero attached hydrogens (tertiary/aromatic N) is 3. The minimum absolute atomic E-state index is 0.188. The minimum atomic E-state index is 0.188. The molecule has 1 fully saturated rings. The molecule has 0 saturated carbocycles. The van der Waals surface area contributed by atoms with Gasteiger partial charge in [0.25, 0.3) is 0 Å². The van der Waals surface area contributed by atoms with Crippen LogP contribution in [0.1, 0.15) is 37.4 Å². The summed E-state index contributed by atoms with van der Waals surface area (Å²) in [4.78, 5) is 13.6. The number of aryl methyl sites for hydroxylation is 2. The highest BCUT2D eigenvalue weighted by molar-refractivity contribution is 5.73. The first-order chi connectivity index (χ1) is 11.1. The maximum Gasteiger partial charge on any atom is 0.219 e. The van der Waals surface area contributed by atoms with Gasteiger partial charge in [-0.15, -0.1) is 0 Å². The van der Waals surface area contributed by atoms with Gasteiger partial charge in [0.2, 0.25) is 5.91 Å². The van der Waals surface area contributed by atoms with Crippen LogP contribution in [-0.2, 0) is 11.2 Å². The topological polar surface area (TPSA) is 46.1 Å². The fourth-order valence-corrected chi connectivity index (χ4v) is 3.36. The Morgan fingerprint density at radius 2 is 2.04 bits per heavy atom. The Bertz CT molecular complexity index is 681. The summed E-state index contributed by atoms with van der Waals surface area (Å²) in [6.45, 7) is 4.65. The molecule has 2 aromatic rings. The molecule has 4 heteroatoms.